The van der Waals surface area contributed by atoms with E-state index < -0.39 is 0 Å². The van der Waals surface area contributed by atoms with E-state index in [1.165, 1.54) is 37.9 Å². The first-order valence-electron chi connectivity index (χ1n) is 11.2. The zero-order chi connectivity index (χ0) is 21.2. The van der Waals surface area contributed by atoms with E-state index in [0.29, 0.717) is 36.2 Å². The Balaban J connectivity index is 0.00000245. The molecule has 0 spiro atoms. The van der Waals surface area contributed by atoms with Gasteiger partial charge in [-0.05, 0) is 62.0 Å². The predicted molar refractivity (Wildman–Crippen MR) is 127 cm³/mol. The van der Waals surface area contributed by atoms with Gasteiger partial charge >= 0.3 is 0 Å². The Labute approximate surface area is 194 Å². The summed E-state index contributed by atoms with van der Waals surface area (Å²) < 4.78 is 1.75. The molecular formula is C24H29ClN6O. The number of carbonyl (C=O) groups excluding carboxylic acids is 1. The first-order valence-corrected chi connectivity index (χ1v) is 11.2. The van der Waals surface area contributed by atoms with Crippen molar-refractivity contribution in [3.05, 3.63) is 53.9 Å². The molecule has 2 aliphatic rings. The molecule has 1 N–H and O–H groups in total. The van der Waals surface area contributed by atoms with Crippen molar-refractivity contribution in [2.24, 2.45) is 0 Å². The summed E-state index contributed by atoms with van der Waals surface area (Å²) in [6, 6.07) is 12.3. The number of hydrogen-bond acceptors (Lipinski definition) is 5. The smallest absolute Gasteiger partial charge is 0.269 e. The summed E-state index contributed by atoms with van der Waals surface area (Å²) in [7, 11) is 0. The molecule has 0 saturated carbocycles. The summed E-state index contributed by atoms with van der Waals surface area (Å²) in [5, 5.41) is 7.44. The van der Waals surface area contributed by atoms with Gasteiger partial charge in [0.25, 0.3) is 5.91 Å². The summed E-state index contributed by atoms with van der Waals surface area (Å²) >= 11 is 0. The molecule has 0 bridgehead atoms. The first kappa shape index (κ1) is 22.4. The van der Waals surface area contributed by atoms with Gasteiger partial charge < -0.3 is 10.2 Å². The third kappa shape index (κ3) is 4.54. The third-order valence-electron chi connectivity index (χ3n) is 6.20. The highest BCUT2D eigenvalue weighted by atomic mass is 35.5. The van der Waals surface area contributed by atoms with Crippen molar-refractivity contribution in [3.8, 4) is 22.8 Å². The van der Waals surface area contributed by atoms with Gasteiger partial charge in [0.15, 0.2) is 5.82 Å². The van der Waals surface area contributed by atoms with Gasteiger partial charge in [0.05, 0.1) is 12.2 Å². The van der Waals surface area contributed by atoms with E-state index in [4.69, 9.17) is 4.98 Å². The van der Waals surface area contributed by atoms with Crippen LogP contribution in [-0.4, -0.2) is 56.7 Å². The Morgan fingerprint density at radius 1 is 1.16 bits per heavy atom. The predicted octanol–water partition coefficient (Wildman–Crippen LogP) is 3.76. The molecule has 168 valence electrons. The fraction of sp³-hybridized carbons (Fsp3) is 0.417. The molecule has 3 aromatic rings. The van der Waals surface area contributed by atoms with E-state index >= 15 is 0 Å². The van der Waals surface area contributed by atoms with Crippen molar-refractivity contribution >= 4 is 18.3 Å². The molecule has 1 fully saturated rings. The van der Waals surface area contributed by atoms with Crippen LogP contribution in [0.2, 0.25) is 0 Å². The largest absolute Gasteiger partial charge is 0.349 e. The fourth-order valence-electron chi connectivity index (χ4n) is 4.68. The number of hydrogen-bond donors (Lipinski definition) is 1. The summed E-state index contributed by atoms with van der Waals surface area (Å²) in [5.41, 5.74) is 4.40. The Kier molecular flexibility index (Phi) is 6.86. The summed E-state index contributed by atoms with van der Waals surface area (Å²) in [6.45, 7) is 7.04. The normalized spacial score (nSPS) is 18.5. The first-order chi connectivity index (χ1) is 15.2. The van der Waals surface area contributed by atoms with Crippen molar-refractivity contribution < 1.29 is 4.79 Å². The van der Waals surface area contributed by atoms with Gasteiger partial charge in [-0.25, -0.2) is 9.97 Å². The molecule has 8 heteroatoms. The number of benzene rings is 1. The van der Waals surface area contributed by atoms with Gasteiger partial charge in [-0.2, -0.15) is 5.10 Å². The molecule has 1 aromatic carbocycles. The monoisotopic (exact) mass is 452 g/mol. The number of nitrogens with zero attached hydrogens (tertiary/aromatic N) is 5. The van der Waals surface area contributed by atoms with E-state index in [2.05, 4.69) is 51.5 Å². The molecule has 1 amide bonds. The summed E-state index contributed by atoms with van der Waals surface area (Å²) in [4.78, 5) is 24.0. The highest BCUT2D eigenvalue weighted by molar-refractivity contribution is 5.94. The SMILES string of the molecule is CCCN1CCC[C@H](c2cccc(-c3nccc(-c4cc5n(n4)CCNC5=O)n3)c2)C1.Cl. The second kappa shape index (κ2) is 9.79. The number of piperidine rings is 1. The highest BCUT2D eigenvalue weighted by Gasteiger charge is 2.22. The zero-order valence-electron chi connectivity index (χ0n) is 18.3. The number of rotatable bonds is 5. The number of likely N-dealkylation sites (tertiary alicyclic amines) is 1. The van der Waals surface area contributed by atoms with Crippen LogP contribution in [0, 0.1) is 0 Å². The minimum atomic E-state index is -0.0865. The summed E-state index contributed by atoms with van der Waals surface area (Å²) in [5.74, 6) is 1.16. The van der Waals surface area contributed by atoms with Crippen LogP contribution < -0.4 is 5.32 Å². The second-order valence-corrected chi connectivity index (χ2v) is 8.42. The summed E-state index contributed by atoms with van der Waals surface area (Å²) in [6.07, 6.45) is 5.45. The lowest BCUT2D eigenvalue weighted by atomic mass is 9.89. The number of carbonyl (C=O) groups is 1. The number of fused-ring (bicyclic) bond motifs is 1. The fourth-order valence-corrected chi connectivity index (χ4v) is 4.68. The molecule has 0 unspecified atom stereocenters. The van der Waals surface area contributed by atoms with Crippen LogP contribution in [0.25, 0.3) is 22.8 Å². The standard InChI is InChI=1S/C24H28N6O.ClH/c1-2-11-29-12-4-7-19(16-29)17-5-3-6-18(14-17)23-25-9-8-20(27-23)21-15-22-24(31)26-10-13-30(22)28-21;/h3,5-6,8-9,14-15,19H,2,4,7,10-13,16H2,1H3,(H,26,31);1H/t19-;/m0./s1. The lowest BCUT2D eigenvalue weighted by Gasteiger charge is -2.32. The van der Waals surface area contributed by atoms with Gasteiger partial charge in [0.2, 0.25) is 0 Å². The van der Waals surface area contributed by atoms with Gasteiger partial charge in [-0.1, -0.05) is 25.1 Å². The van der Waals surface area contributed by atoms with Gasteiger partial charge in [-0.15, -0.1) is 12.4 Å². The van der Waals surface area contributed by atoms with E-state index in [1.54, 1.807) is 16.9 Å². The molecule has 4 heterocycles. The van der Waals surface area contributed by atoms with Crippen LogP contribution in [0.5, 0.6) is 0 Å². The van der Waals surface area contributed by atoms with E-state index in [9.17, 15) is 4.79 Å². The average molecular weight is 453 g/mol. The van der Waals surface area contributed by atoms with Crippen LogP contribution in [0.15, 0.2) is 42.6 Å². The second-order valence-electron chi connectivity index (χ2n) is 8.42. The van der Waals surface area contributed by atoms with E-state index in [1.807, 2.05) is 6.07 Å². The molecule has 2 aromatic heterocycles. The number of nitrogens with one attached hydrogen (secondary N) is 1. The Morgan fingerprint density at radius 2 is 2.06 bits per heavy atom. The molecule has 32 heavy (non-hydrogen) atoms. The van der Waals surface area contributed by atoms with Gasteiger partial charge in [0, 0.05) is 24.8 Å². The molecular weight excluding hydrogens is 424 g/mol. The van der Waals surface area contributed by atoms with Crippen molar-refractivity contribution in [2.75, 3.05) is 26.2 Å². The number of halogens is 1. The Hall–Kier alpha value is -2.77. The highest BCUT2D eigenvalue weighted by Crippen LogP contribution is 2.30. The maximum Gasteiger partial charge on any atom is 0.269 e. The van der Waals surface area contributed by atoms with Crippen molar-refractivity contribution in [3.63, 3.8) is 0 Å². The number of amides is 1. The average Bonchev–Trinajstić information content (AvgIpc) is 3.26. The van der Waals surface area contributed by atoms with Crippen LogP contribution in [-0.2, 0) is 6.54 Å². The van der Waals surface area contributed by atoms with Crippen molar-refractivity contribution in [2.45, 2.75) is 38.6 Å². The molecule has 0 radical (unpaired) electrons. The lowest BCUT2D eigenvalue weighted by Crippen LogP contribution is -2.35. The molecule has 7 nitrogen and oxygen atoms in total. The van der Waals surface area contributed by atoms with Gasteiger partial charge in [0.1, 0.15) is 11.4 Å². The van der Waals surface area contributed by atoms with Crippen LogP contribution in [0.4, 0.5) is 0 Å². The Bertz CT molecular complexity index is 1100. The van der Waals surface area contributed by atoms with Crippen LogP contribution in [0.1, 0.15) is 48.2 Å². The quantitative estimate of drug-likeness (QED) is 0.637. The molecule has 2 aliphatic heterocycles. The van der Waals surface area contributed by atoms with Crippen LogP contribution >= 0.6 is 12.4 Å². The van der Waals surface area contributed by atoms with E-state index in [-0.39, 0.29) is 18.3 Å². The maximum atomic E-state index is 12.1. The van der Waals surface area contributed by atoms with E-state index in [0.717, 1.165) is 17.8 Å². The maximum absolute atomic E-state index is 12.1. The molecule has 0 aliphatic carbocycles. The minimum Gasteiger partial charge on any atom is -0.349 e. The molecule has 1 saturated heterocycles. The third-order valence-corrected chi connectivity index (χ3v) is 6.20. The van der Waals surface area contributed by atoms with Gasteiger partial charge in [-0.3, -0.25) is 9.48 Å². The lowest BCUT2D eigenvalue weighted by molar-refractivity contribution is 0.0924. The number of aromatic nitrogens is 4. The van der Waals surface area contributed by atoms with Crippen molar-refractivity contribution in [1.29, 1.82) is 0 Å². The van der Waals surface area contributed by atoms with Crippen molar-refractivity contribution in [1.82, 2.24) is 30.0 Å². The topological polar surface area (TPSA) is 75.9 Å². The zero-order valence-corrected chi connectivity index (χ0v) is 19.1. The Morgan fingerprint density at radius 3 is 2.91 bits per heavy atom. The molecule has 5 rings (SSSR count). The molecule has 1 atom stereocenters. The van der Waals surface area contributed by atoms with Crippen LogP contribution in [0.3, 0.4) is 0 Å². The minimum absolute atomic E-state index is 0.